The number of carbonyl (C=O) groups is 2. The third kappa shape index (κ3) is 3.35. The quantitative estimate of drug-likeness (QED) is 0.683. The van der Waals surface area contributed by atoms with Crippen LogP contribution in [0.4, 0.5) is 15.8 Å². The van der Waals surface area contributed by atoms with E-state index in [1.165, 1.54) is 23.1 Å². The molecule has 2 N–H and O–H groups in total. The lowest BCUT2D eigenvalue weighted by Gasteiger charge is -2.23. The van der Waals surface area contributed by atoms with Gasteiger partial charge < -0.3 is 10.4 Å². The average molecular weight is 404 g/mol. The lowest BCUT2D eigenvalue weighted by Crippen LogP contribution is -2.44. The van der Waals surface area contributed by atoms with Crippen LogP contribution in [0.2, 0.25) is 0 Å². The summed E-state index contributed by atoms with van der Waals surface area (Å²) >= 11 is 0. The summed E-state index contributed by atoms with van der Waals surface area (Å²) in [6.45, 7) is 1.77. The van der Waals surface area contributed by atoms with Crippen LogP contribution in [0, 0.1) is 5.82 Å². The van der Waals surface area contributed by atoms with E-state index >= 15 is 0 Å². The van der Waals surface area contributed by atoms with Crippen LogP contribution in [0.25, 0.3) is 0 Å². The molecule has 1 heterocycles. The van der Waals surface area contributed by atoms with Gasteiger partial charge in [0.15, 0.2) is 5.60 Å². The fraction of sp³-hybridized carbons (Fsp3) is 0.167. The van der Waals surface area contributed by atoms with Crippen LogP contribution < -0.4 is 10.2 Å². The van der Waals surface area contributed by atoms with Gasteiger partial charge in [-0.05, 0) is 42.3 Å². The van der Waals surface area contributed by atoms with Gasteiger partial charge in [-0.2, -0.15) is 0 Å². The molecule has 0 bridgehead atoms. The van der Waals surface area contributed by atoms with Gasteiger partial charge in [0.05, 0.1) is 5.69 Å². The summed E-state index contributed by atoms with van der Waals surface area (Å²) in [4.78, 5) is 27.1. The summed E-state index contributed by atoms with van der Waals surface area (Å²) in [6, 6.07) is 19.5. The number of amides is 2. The Hall–Kier alpha value is -3.51. The van der Waals surface area contributed by atoms with Gasteiger partial charge in [0.25, 0.3) is 5.91 Å². The molecule has 0 aliphatic carbocycles. The summed E-state index contributed by atoms with van der Waals surface area (Å²) in [5.74, 6) is -1.64. The lowest BCUT2D eigenvalue weighted by atomic mass is 9.87. The molecule has 0 saturated heterocycles. The number of hydrogen-bond donors (Lipinski definition) is 2. The van der Waals surface area contributed by atoms with Crippen LogP contribution in [0.5, 0.6) is 0 Å². The second-order valence-corrected chi connectivity index (χ2v) is 7.23. The van der Waals surface area contributed by atoms with Gasteiger partial charge in [-0.25, -0.2) is 4.39 Å². The van der Waals surface area contributed by atoms with Crippen LogP contribution in [0.1, 0.15) is 23.6 Å². The van der Waals surface area contributed by atoms with Crippen molar-refractivity contribution in [2.75, 3.05) is 16.8 Å². The second-order valence-electron chi connectivity index (χ2n) is 7.23. The molecule has 0 unspecified atom stereocenters. The number of aliphatic hydroxyl groups is 1. The normalized spacial score (nSPS) is 17.7. The molecule has 0 saturated carbocycles. The molecule has 1 atom stereocenters. The number of benzene rings is 3. The Morgan fingerprint density at radius 2 is 1.80 bits per heavy atom. The van der Waals surface area contributed by atoms with Crippen LogP contribution in [0.15, 0.2) is 72.8 Å². The number of nitrogens with zero attached hydrogens (tertiary/aromatic N) is 1. The molecule has 152 valence electrons. The van der Waals surface area contributed by atoms with Crippen LogP contribution in [-0.4, -0.2) is 23.5 Å². The molecule has 1 aliphatic heterocycles. The fourth-order valence-corrected chi connectivity index (χ4v) is 3.75. The van der Waals surface area contributed by atoms with Crippen LogP contribution in [0.3, 0.4) is 0 Å². The summed E-state index contributed by atoms with van der Waals surface area (Å²) < 4.78 is 13.8. The zero-order chi connectivity index (χ0) is 21.3. The van der Waals surface area contributed by atoms with Crippen molar-refractivity contribution in [3.05, 3.63) is 95.3 Å². The van der Waals surface area contributed by atoms with Crippen molar-refractivity contribution in [2.45, 2.75) is 18.9 Å². The maximum absolute atomic E-state index is 13.8. The van der Waals surface area contributed by atoms with Gasteiger partial charge in [-0.1, -0.05) is 49.4 Å². The summed E-state index contributed by atoms with van der Waals surface area (Å²) in [7, 11) is 0. The number of aryl methyl sites for hydroxylation is 1. The smallest absolute Gasteiger partial charge is 0.268 e. The highest BCUT2D eigenvalue weighted by Gasteiger charge is 2.51. The van der Waals surface area contributed by atoms with Gasteiger partial charge in [-0.15, -0.1) is 0 Å². The molecular formula is C24H21FN2O3. The van der Waals surface area contributed by atoms with Gasteiger partial charge in [-0.3, -0.25) is 14.5 Å². The first-order chi connectivity index (χ1) is 14.4. The van der Waals surface area contributed by atoms with E-state index in [9.17, 15) is 19.1 Å². The Balaban J connectivity index is 1.62. The molecule has 30 heavy (non-hydrogen) atoms. The van der Waals surface area contributed by atoms with Gasteiger partial charge in [0, 0.05) is 16.8 Å². The molecule has 5 nitrogen and oxygen atoms in total. The minimum Gasteiger partial charge on any atom is -0.372 e. The molecule has 1 aliphatic rings. The number of para-hydroxylation sites is 1. The standard InChI is InChI=1S/C24H21FN2O3/c1-2-16-10-12-19(13-11-16)26-22(28)15-27-21-9-4-3-8-20(21)24(30,23(27)29)17-6-5-7-18(25)14-17/h3-14,30H,2,15H2,1H3,(H,26,28)/t24-/m0/s1. The minimum atomic E-state index is -2.05. The van der Waals surface area contributed by atoms with Crippen molar-refractivity contribution in [2.24, 2.45) is 0 Å². The molecule has 3 aromatic carbocycles. The fourth-order valence-electron chi connectivity index (χ4n) is 3.75. The van der Waals surface area contributed by atoms with Gasteiger partial charge >= 0.3 is 0 Å². The predicted molar refractivity (Wildman–Crippen MR) is 113 cm³/mol. The highest BCUT2D eigenvalue weighted by Crippen LogP contribution is 2.44. The SMILES string of the molecule is CCc1ccc(NC(=O)CN2C(=O)[C@](O)(c3cccc(F)c3)c3ccccc32)cc1. The van der Waals surface area contributed by atoms with Crippen molar-refractivity contribution >= 4 is 23.2 Å². The Morgan fingerprint density at radius 3 is 2.50 bits per heavy atom. The molecule has 0 aromatic heterocycles. The van der Waals surface area contributed by atoms with Gasteiger partial charge in [0.1, 0.15) is 12.4 Å². The van der Waals surface area contributed by atoms with Gasteiger partial charge in [0.2, 0.25) is 5.91 Å². The first kappa shape index (κ1) is 19.8. The molecule has 2 amide bonds. The number of halogens is 1. The second kappa shape index (κ2) is 7.72. The monoisotopic (exact) mass is 404 g/mol. The van der Waals surface area contributed by atoms with Crippen molar-refractivity contribution in [1.82, 2.24) is 0 Å². The highest BCUT2D eigenvalue weighted by atomic mass is 19.1. The highest BCUT2D eigenvalue weighted by molar-refractivity contribution is 6.12. The number of anilines is 2. The number of hydrogen-bond acceptors (Lipinski definition) is 3. The Morgan fingerprint density at radius 1 is 1.07 bits per heavy atom. The van der Waals surface area contributed by atoms with E-state index in [-0.39, 0.29) is 12.1 Å². The average Bonchev–Trinajstić information content (AvgIpc) is 2.97. The molecule has 4 rings (SSSR count). The molecule has 0 fully saturated rings. The van der Waals surface area contributed by atoms with Crippen molar-refractivity contribution in [1.29, 1.82) is 0 Å². The Labute approximate surface area is 173 Å². The molecular weight excluding hydrogens is 383 g/mol. The van der Waals surface area contributed by atoms with E-state index in [0.717, 1.165) is 18.1 Å². The van der Waals surface area contributed by atoms with E-state index in [1.54, 1.807) is 36.4 Å². The minimum absolute atomic E-state index is 0.123. The van der Waals surface area contributed by atoms with E-state index in [4.69, 9.17) is 0 Å². The maximum atomic E-state index is 13.8. The first-order valence-electron chi connectivity index (χ1n) is 9.72. The zero-order valence-corrected chi connectivity index (χ0v) is 16.4. The van der Waals surface area contributed by atoms with Crippen molar-refractivity contribution in [3.8, 4) is 0 Å². The number of rotatable bonds is 5. The summed E-state index contributed by atoms with van der Waals surface area (Å²) in [5.41, 5.74) is 0.584. The van der Waals surface area contributed by atoms with E-state index in [1.807, 2.05) is 19.1 Å². The number of fused-ring (bicyclic) bond motifs is 1. The first-order valence-corrected chi connectivity index (χ1v) is 9.72. The molecule has 0 radical (unpaired) electrons. The molecule has 0 spiro atoms. The zero-order valence-electron chi connectivity index (χ0n) is 16.4. The number of carbonyl (C=O) groups excluding carboxylic acids is 2. The Bertz CT molecular complexity index is 1110. The molecule has 3 aromatic rings. The summed E-state index contributed by atoms with van der Waals surface area (Å²) in [6.07, 6.45) is 0.895. The maximum Gasteiger partial charge on any atom is 0.268 e. The van der Waals surface area contributed by atoms with E-state index in [0.29, 0.717) is 16.9 Å². The molecule has 6 heteroatoms. The topological polar surface area (TPSA) is 69.6 Å². The largest absolute Gasteiger partial charge is 0.372 e. The third-order valence-electron chi connectivity index (χ3n) is 5.33. The lowest BCUT2D eigenvalue weighted by molar-refractivity contribution is -0.133. The van der Waals surface area contributed by atoms with E-state index in [2.05, 4.69) is 5.32 Å². The third-order valence-corrected chi connectivity index (χ3v) is 5.33. The Kier molecular flexibility index (Phi) is 5.10. The predicted octanol–water partition coefficient (Wildman–Crippen LogP) is 3.61. The van der Waals surface area contributed by atoms with E-state index < -0.39 is 23.2 Å². The van der Waals surface area contributed by atoms with Crippen molar-refractivity contribution < 1.29 is 19.1 Å². The van der Waals surface area contributed by atoms with Crippen LogP contribution in [-0.2, 0) is 21.6 Å². The van der Waals surface area contributed by atoms with Crippen LogP contribution >= 0.6 is 0 Å². The summed E-state index contributed by atoms with van der Waals surface area (Å²) in [5, 5.41) is 14.1. The number of nitrogens with one attached hydrogen (secondary N) is 1. The van der Waals surface area contributed by atoms with Crippen molar-refractivity contribution in [3.63, 3.8) is 0 Å².